The average Bonchev–Trinajstić information content (AvgIpc) is 2.24. The molecule has 0 radical (unpaired) electrons. The van der Waals surface area contributed by atoms with E-state index in [4.69, 9.17) is 9.84 Å². The number of rotatable bonds is 4. The van der Waals surface area contributed by atoms with Gasteiger partial charge in [0.2, 0.25) is 0 Å². The number of carboxylic acids is 1. The van der Waals surface area contributed by atoms with E-state index in [0.29, 0.717) is 19.3 Å². The number of carboxylic acid groups (broad SMARTS) is 1. The second-order valence-electron chi connectivity index (χ2n) is 4.71. The number of carbonyl (C=O) groups excluding carboxylic acids is 1. The monoisotopic (exact) mass is 244 g/mol. The van der Waals surface area contributed by atoms with Crippen molar-refractivity contribution in [1.82, 2.24) is 0 Å². The minimum absolute atomic E-state index is 0.202. The van der Waals surface area contributed by atoms with E-state index in [9.17, 15) is 14.7 Å². The molecule has 1 saturated carbocycles. The van der Waals surface area contributed by atoms with E-state index in [0.717, 1.165) is 0 Å². The lowest BCUT2D eigenvalue weighted by atomic mass is 9.78. The van der Waals surface area contributed by atoms with Gasteiger partial charge < -0.3 is 14.9 Å². The van der Waals surface area contributed by atoms with Crippen molar-refractivity contribution in [2.75, 3.05) is 0 Å². The van der Waals surface area contributed by atoms with E-state index >= 15 is 0 Å². The Bertz CT molecular complexity index is 289. The minimum atomic E-state index is -0.938. The molecular formula is C12H20O5. The number of aliphatic hydroxyl groups excluding tert-OH is 1. The van der Waals surface area contributed by atoms with Gasteiger partial charge in [0, 0.05) is 12.3 Å². The Morgan fingerprint density at radius 3 is 2.53 bits per heavy atom. The molecule has 0 aromatic heterocycles. The van der Waals surface area contributed by atoms with Gasteiger partial charge in [-0.1, -0.05) is 13.8 Å². The smallest absolute Gasteiger partial charge is 0.306 e. The van der Waals surface area contributed by atoms with Crippen molar-refractivity contribution in [2.45, 2.75) is 51.7 Å². The summed E-state index contributed by atoms with van der Waals surface area (Å²) in [6.07, 6.45) is 0.353. The largest absolute Gasteiger partial charge is 0.481 e. The van der Waals surface area contributed by atoms with Gasteiger partial charge in [0.15, 0.2) is 0 Å². The van der Waals surface area contributed by atoms with Gasteiger partial charge in [0.25, 0.3) is 0 Å². The molecule has 0 aromatic rings. The summed E-state index contributed by atoms with van der Waals surface area (Å²) in [6.45, 7) is 3.66. The maximum atomic E-state index is 11.4. The van der Waals surface area contributed by atoms with Crippen LogP contribution in [0.1, 0.15) is 39.5 Å². The van der Waals surface area contributed by atoms with Crippen LogP contribution in [0.15, 0.2) is 0 Å². The molecule has 5 nitrogen and oxygen atoms in total. The van der Waals surface area contributed by atoms with Crippen molar-refractivity contribution >= 4 is 11.9 Å². The first-order chi connectivity index (χ1) is 7.95. The highest BCUT2D eigenvalue weighted by atomic mass is 16.5. The van der Waals surface area contributed by atoms with E-state index in [-0.39, 0.29) is 18.3 Å². The van der Waals surface area contributed by atoms with Crippen molar-refractivity contribution in [1.29, 1.82) is 0 Å². The third kappa shape index (κ3) is 3.70. The van der Waals surface area contributed by atoms with Gasteiger partial charge in [-0.25, -0.2) is 0 Å². The lowest BCUT2D eigenvalue weighted by Crippen LogP contribution is -2.43. The summed E-state index contributed by atoms with van der Waals surface area (Å²) < 4.78 is 5.23. The molecule has 1 aliphatic rings. The summed E-state index contributed by atoms with van der Waals surface area (Å²) in [7, 11) is 0. The first kappa shape index (κ1) is 14.0. The zero-order chi connectivity index (χ0) is 13.0. The van der Waals surface area contributed by atoms with Gasteiger partial charge in [-0.05, 0) is 19.3 Å². The predicted molar refractivity (Wildman–Crippen MR) is 60.3 cm³/mol. The Morgan fingerprint density at radius 1 is 1.35 bits per heavy atom. The third-order valence-electron chi connectivity index (χ3n) is 3.32. The van der Waals surface area contributed by atoms with E-state index in [2.05, 4.69) is 0 Å². The fourth-order valence-corrected chi connectivity index (χ4v) is 2.13. The standard InChI is InChI=1S/C12H20O5/c1-3-4-11(14)17-10-6-8(12(15)16)5-9(13)7(10)2/h7-10,13H,3-6H2,1-2H3,(H,15,16)/t7-,8+,9+,10-/m1/s1. The van der Waals surface area contributed by atoms with Gasteiger partial charge in [-0.15, -0.1) is 0 Å². The number of ether oxygens (including phenoxy) is 1. The summed E-state index contributed by atoms with van der Waals surface area (Å²) in [5.74, 6) is -2.08. The second-order valence-corrected chi connectivity index (χ2v) is 4.71. The molecule has 0 unspecified atom stereocenters. The van der Waals surface area contributed by atoms with Crippen molar-refractivity contribution in [2.24, 2.45) is 11.8 Å². The third-order valence-corrected chi connectivity index (χ3v) is 3.32. The Balaban J connectivity index is 2.61. The van der Waals surface area contributed by atoms with Crippen molar-refractivity contribution in [3.8, 4) is 0 Å². The molecule has 1 rings (SSSR count). The molecule has 0 aliphatic heterocycles. The molecule has 0 bridgehead atoms. The number of hydrogen-bond acceptors (Lipinski definition) is 4. The van der Waals surface area contributed by atoms with Crippen LogP contribution in [0, 0.1) is 11.8 Å². The first-order valence-electron chi connectivity index (χ1n) is 6.06. The molecule has 1 aliphatic carbocycles. The zero-order valence-electron chi connectivity index (χ0n) is 10.3. The number of esters is 1. The number of carbonyl (C=O) groups is 2. The molecule has 4 atom stereocenters. The summed E-state index contributed by atoms with van der Waals surface area (Å²) in [5, 5.41) is 18.7. The van der Waals surface area contributed by atoms with Gasteiger partial charge in [0.05, 0.1) is 12.0 Å². The molecule has 0 spiro atoms. The molecule has 2 N–H and O–H groups in total. The molecule has 0 amide bonds. The second kappa shape index (κ2) is 6.00. The minimum Gasteiger partial charge on any atom is -0.481 e. The molecule has 0 saturated heterocycles. The van der Waals surface area contributed by atoms with Crippen molar-refractivity contribution < 1.29 is 24.5 Å². The highest BCUT2D eigenvalue weighted by Gasteiger charge is 2.39. The van der Waals surface area contributed by atoms with Crippen molar-refractivity contribution in [3.63, 3.8) is 0 Å². The summed E-state index contributed by atoms with van der Waals surface area (Å²) in [5.41, 5.74) is 0. The van der Waals surface area contributed by atoms with Crippen LogP contribution < -0.4 is 0 Å². The van der Waals surface area contributed by atoms with Gasteiger partial charge in [-0.3, -0.25) is 9.59 Å². The van der Waals surface area contributed by atoms with Crippen LogP contribution >= 0.6 is 0 Å². The van der Waals surface area contributed by atoms with Crippen molar-refractivity contribution in [3.05, 3.63) is 0 Å². The van der Waals surface area contributed by atoms with Crippen LogP contribution in [0.3, 0.4) is 0 Å². The lowest BCUT2D eigenvalue weighted by molar-refractivity contribution is -0.164. The van der Waals surface area contributed by atoms with Crippen LogP contribution in [0.5, 0.6) is 0 Å². The van der Waals surface area contributed by atoms with Crippen LogP contribution in [0.25, 0.3) is 0 Å². The van der Waals surface area contributed by atoms with Crippen LogP contribution in [-0.2, 0) is 14.3 Å². The Morgan fingerprint density at radius 2 is 2.00 bits per heavy atom. The maximum Gasteiger partial charge on any atom is 0.306 e. The molecule has 1 fully saturated rings. The van der Waals surface area contributed by atoms with E-state index in [1.165, 1.54) is 0 Å². The van der Waals surface area contributed by atoms with Crippen LogP contribution in [0.2, 0.25) is 0 Å². The molecule has 98 valence electrons. The molecule has 0 aromatic carbocycles. The number of hydrogen-bond donors (Lipinski definition) is 2. The fourth-order valence-electron chi connectivity index (χ4n) is 2.13. The summed E-state index contributed by atoms with van der Waals surface area (Å²) in [6, 6.07) is 0. The molecular weight excluding hydrogens is 224 g/mol. The van der Waals surface area contributed by atoms with Crippen LogP contribution in [-0.4, -0.2) is 34.4 Å². The Hall–Kier alpha value is -1.10. The van der Waals surface area contributed by atoms with Gasteiger partial charge >= 0.3 is 11.9 Å². The molecule has 17 heavy (non-hydrogen) atoms. The molecule has 0 heterocycles. The number of aliphatic hydroxyl groups is 1. The molecule has 5 heteroatoms. The van der Waals surface area contributed by atoms with E-state index < -0.39 is 24.1 Å². The Kier molecular flexibility index (Phi) is 4.93. The highest BCUT2D eigenvalue weighted by Crippen LogP contribution is 2.31. The average molecular weight is 244 g/mol. The normalized spacial score (nSPS) is 33.1. The van der Waals surface area contributed by atoms with Crippen LogP contribution in [0.4, 0.5) is 0 Å². The SMILES string of the molecule is CCCC(=O)O[C@@H]1C[C@@H](C(=O)O)C[C@H](O)[C@H]1C. The maximum absolute atomic E-state index is 11.4. The number of aliphatic carboxylic acids is 1. The summed E-state index contributed by atoms with van der Waals surface area (Å²) in [4.78, 5) is 22.3. The fraction of sp³-hybridized carbons (Fsp3) is 0.833. The predicted octanol–water partition coefficient (Wildman–Crippen LogP) is 1.19. The van der Waals surface area contributed by atoms with E-state index in [1.54, 1.807) is 6.92 Å². The first-order valence-corrected chi connectivity index (χ1v) is 6.06. The van der Waals surface area contributed by atoms with Gasteiger partial charge in [0.1, 0.15) is 6.10 Å². The highest BCUT2D eigenvalue weighted by molar-refractivity contribution is 5.71. The Labute approximate surface area is 101 Å². The quantitative estimate of drug-likeness (QED) is 0.726. The lowest BCUT2D eigenvalue weighted by Gasteiger charge is -2.35. The topological polar surface area (TPSA) is 83.8 Å². The van der Waals surface area contributed by atoms with E-state index in [1.807, 2.05) is 6.92 Å². The zero-order valence-corrected chi connectivity index (χ0v) is 10.3. The van der Waals surface area contributed by atoms with Gasteiger partial charge in [-0.2, -0.15) is 0 Å². The summed E-state index contributed by atoms with van der Waals surface area (Å²) >= 11 is 0.